The van der Waals surface area contributed by atoms with E-state index in [0.717, 1.165) is 44.9 Å². The van der Waals surface area contributed by atoms with E-state index in [2.05, 4.69) is 36.8 Å². The molecule has 3 rings (SSSR count). The lowest BCUT2D eigenvalue weighted by molar-refractivity contribution is -0.148. The quantitative estimate of drug-likeness (QED) is 0.693. The minimum absolute atomic E-state index is 0.0995. The monoisotopic (exact) mass is 318 g/mol. The maximum Gasteiger partial charge on any atom is 0.242 e. The molecule has 23 heavy (non-hydrogen) atoms. The van der Waals surface area contributed by atoms with Gasteiger partial charge in [-0.05, 0) is 37.0 Å². The lowest BCUT2D eigenvalue weighted by Crippen LogP contribution is -2.65. The molecular weight excluding hydrogens is 288 g/mol. The molecule has 2 saturated heterocycles. The van der Waals surface area contributed by atoms with Crippen molar-refractivity contribution in [2.75, 3.05) is 32.7 Å². The van der Waals surface area contributed by atoms with Gasteiger partial charge in [0, 0.05) is 32.2 Å². The summed E-state index contributed by atoms with van der Waals surface area (Å²) in [5, 5.41) is 9.12. The highest BCUT2D eigenvalue weighted by atomic mass is 16.2. The Morgan fingerprint density at radius 3 is 2.30 bits per heavy atom. The van der Waals surface area contributed by atoms with Crippen LogP contribution in [0.25, 0.3) is 0 Å². The number of hydrogen-bond acceptors (Lipinski definition) is 4. The molecule has 1 aliphatic carbocycles. The molecule has 0 spiro atoms. The first kappa shape index (κ1) is 16.6. The zero-order chi connectivity index (χ0) is 16.6. The molecule has 3 fully saturated rings. The van der Waals surface area contributed by atoms with Crippen molar-refractivity contribution in [3.63, 3.8) is 0 Å². The summed E-state index contributed by atoms with van der Waals surface area (Å²) < 4.78 is 0. The van der Waals surface area contributed by atoms with E-state index in [1.807, 2.05) is 0 Å². The van der Waals surface area contributed by atoms with E-state index in [4.69, 9.17) is 5.26 Å². The number of amides is 1. The molecule has 0 radical (unpaired) electrons. The van der Waals surface area contributed by atoms with E-state index in [0.29, 0.717) is 18.0 Å². The summed E-state index contributed by atoms with van der Waals surface area (Å²) in [7, 11) is 0. The summed E-state index contributed by atoms with van der Waals surface area (Å²) in [6, 6.07) is 0.318. The second-order valence-corrected chi connectivity index (χ2v) is 8.50. The largest absolute Gasteiger partial charge is 0.337 e. The van der Waals surface area contributed by atoms with Crippen LogP contribution in [0.15, 0.2) is 0 Å². The molecule has 1 saturated carbocycles. The van der Waals surface area contributed by atoms with Gasteiger partial charge in [0.25, 0.3) is 0 Å². The van der Waals surface area contributed by atoms with Crippen LogP contribution in [0.4, 0.5) is 0 Å². The van der Waals surface area contributed by atoms with Crippen LogP contribution in [0.2, 0.25) is 0 Å². The Labute approximate surface area is 140 Å². The first-order valence-corrected chi connectivity index (χ1v) is 9.09. The van der Waals surface area contributed by atoms with Gasteiger partial charge in [-0.15, -0.1) is 0 Å². The van der Waals surface area contributed by atoms with E-state index < -0.39 is 0 Å². The lowest BCUT2D eigenvalue weighted by Gasteiger charge is -2.49. The molecule has 0 N–H and O–H groups in total. The predicted molar refractivity (Wildman–Crippen MR) is 89.5 cm³/mol. The van der Waals surface area contributed by atoms with Crippen LogP contribution in [0, 0.1) is 22.8 Å². The molecule has 5 heteroatoms. The maximum absolute atomic E-state index is 12.9. The maximum atomic E-state index is 12.9. The van der Waals surface area contributed by atoms with Crippen molar-refractivity contribution in [2.45, 2.75) is 58.5 Å². The molecule has 5 nitrogen and oxygen atoms in total. The van der Waals surface area contributed by atoms with Crippen LogP contribution < -0.4 is 0 Å². The van der Waals surface area contributed by atoms with E-state index in [-0.39, 0.29) is 11.9 Å². The van der Waals surface area contributed by atoms with Gasteiger partial charge in [0.05, 0.1) is 6.54 Å². The SMILES string of the molecule is CC(C)(C)[C@H]1CC[C@@H](N2CCN3CCN(C#N)C[C@@H]3C2=O)CC1. The molecule has 0 aromatic rings. The molecule has 0 bridgehead atoms. The zero-order valence-electron chi connectivity index (χ0n) is 14.8. The second kappa shape index (κ2) is 6.32. The van der Waals surface area contributed by atoms with Gasteiger partial charge >= 0.3 is 0 Å². The van der Waals surface area contributed by atoms with Crippen LogP contribution in [0.1, 0.15) is 46.5 Å². The Balaban J connectivity index is 1.62. The van der Waals surface area contributed by atoms with Gasteiger partial charge in [-0.25, -0.2) is 0 Å². The second-order valence-electron chi connectivity index (χ2n) is 8.50. The van der Waals surface area contributed by atoms with Crippen molar-refractivity contribution in [3.05, 3.63) is 0 Å². The summed E-state index contributed by atoms with van der Waals surface area (Å²) >= 11 is 0. The third kappa shape index (κ3) is 3.33. The molecule has 0 aromatic heterocycles. The van der Waals surface area contributed by atoms with E-state index in [1.54, 1.807) is 4.90 Å². The number of rotatable bonds is 1. The van der Waals surface area contributed by atoms with Crippen molar-refractivity contribution in [2.24, 2.45) is 11.3 Å². The minimum atomic E-state index is -0.0995. The van der Waals surface area contributed by atoms with Gasteiger partial charge in [-0.1, -0.05) is 20.8 Å². The molecule has 1 amide bonds. The highest BCUT2D eigenvalue weighted by molar-refractivity contribution is 5.83. The highest BCUT2D eigenvalue weighted by Crippen LogP contribution is 2.39. The number of fused-ring (bicyclic) bond motifs is 1. The van der Waals surface area contributed by atoms with Gasteiger partial charge in [-0.2, -0.15) is 5.26 Å². The first-order valence-electron chi connectivity index (χ1n) is 9.09. The van der Waals surface area contributed by atoms with E-state index in [1.165, 1.54) is 12.8 Å². The summed E-state index contributed by atoms with van der Waals surface area (Å²) in [5.41, 5.74) is 0.379. The highest BCUT2D eigenvalue weighted by Gasteiger charge is 2.42. The van der Waals surface area contributed by atoms with Crippen LogP contribution in [0.5, 0.6) is 0 Å². The molecule has 1 atom stereocenters. The fourth-order valence-corrected chi connectivity index (χ4v) is 4.57. The van der Waals surface area contributed by atoms with Gasteiger partial charge in [0.1, 0.15) is 6.04 Å². The number of nitriles is 1. The van der Waals surface area contributed by atoms with Gasteiger partial charge in [-0.3, -0.25) is 9.69 Å². The number of carbonyl (C=O) groups excluding carboxylic acids is 1. The molecule has 0 unspecified atom stereocenters. The van der Waals surface area contributed by atoms with Crippen LogP contribution in [-0.4, -0.2) is 65.4 Å². The molecule has 2 heterocycles. The Morgan fingerprint density at radius 1 is 1.04 bits per heavy atom. The van der Waals surface area contributed by atoms with Crippen LogP contribution in [0.3, 0.4) is 0 Å². The Morgan fingerprint density at radius 2 is 1.70 bits per heavy atom. The van der Waals surface area contributed by atoms with Gasteiger partial charge in [0.2, 0.25) is 5.91 Å². The Bertz CT molecular complexity index is 484. The first-order chi connectivity index (χ1) is 10.9. The Hall–Kier alpha value is -1.28. The Kier molecular flexibility index (Phi) is 4.55. The summed E-state index contributed by atoms with van der Waals surface area (Å²) in [6.07, 6.45) is 6.96. The molecular formula is C18H30N4O. The molecule has 2 aliphatic heterocycles. The van der Waals surface area contributed by atoms with Crippen LogP contribution >= 0.6 is 0 Å². The van der Waals surface area contributed by atoms with Crippen LogP contribution in [-0.2, 0) is 4.79 Å². The average Bonchev–Trinajstić information content (AvgIpc) is 2.54. The number of carbonyl (C=O) groups is 1. The normalized spacial score (nSPS) is 33.3. The third-order valence-electron chi connectivity index (χ3n) is 6.19. The van der Waals surface area contributed by atoms with Crippen molar-refractivity contribution < 1.29 is 4.79 Å². The number of piperazine rings is 2. The third-order valence-corrected chi connectivity index (χ3v) is 6.19. The topological polar surface area (TPSA) is 50.6 Å². The fourth-order valence-electron chi connectivity index (χ4n) is 4.57. The molecule has 3 aliphatic rings. The summed E-state index contributed by atoms with van der Waals surface area (Å²) in [5.74, 6) is 1.04. The minimum Gasteiger partial charge on any atom is -0.337 e. The number of hydrogen-bond donors (Lipinski definition) is 0. The van der Waals surface area contributed by atoms with E-state index >= 15 is 0 Å². The van der Waals surface area contributed by atoms with Crippen molar-refractivity contribution in [3.8, 4) is 6.19 Å². The standard InChI is InChI=1S/C18H30N4O/c1-18(2,3)14-4-6-15(7-5-14)22-11-10-21-9-8-20(13-19)12-16(21)17(22)23/h14-16H,4-12H2,1-3H3/t14-,15+,16-/m1/s1. The van der Waals surface area contributed by atoms with Gasteiger partial charge in [0.15, 0.2) is 6.19 Å². The lowest BCUT2D eigenvalue weighted by atomic mass is 9.71. The predicted octanol–water partition coefficient (Wildman–Crippen LogP) is 1.90. The molecule has 128 valence electrons. The number of nitrogens with zero attached hydrogens (tertiary/aromatic N) is 4. The summed E-state index contributed by atoms with van der Waals surface area (Å²) in [6.45, 7) is 11.0. The molecule has 0 aromatic carbocycles. The summed E-state index contributed by atoms with van der Waals surface area (Å²) in [4.78, 5) is 19.1. The van der Waals surface area contributed by atoms with Crippen molar-refractivity contribution in [1.29, 1.82) is 5.26 Å². The average molecular weight is 318 g/mol. The fraction of sp³-hybridized carbons (Fsp3) is 0.889. The smallest absolute Gasteiger partial charge is 0.242 e. The zero-order valence-corrected chi connectivity index (χ0v) is 14.8. The van der Waals surface area contributed by atoms with Gasteiger partial charge < -0.3 is 9.80 Å². The van der Waals surface area contributed by atoms with E-state index in [9.17, 15) is 4.79 Å². The van der Waals surface area contributed by atoms with Crippen molar-refractivity contribution >= 4 is 5.91 Å². The van der Waals surface area contributed by atoms with Crippen molar-refractivity contribution in [1.82, 2.24) is 14.7 Å².